The first kappa shape index (κ1) is 13.6. The van der Waals surface area contributed by atoms with Crippen LogP contribution in [0.25, 0.3) is 11.4 Å². The van der Waals surface area contributed by atoms with Crippen molar-refractivity contribution in [2.75, 3.05) is 0 Å². The Morgan fingerprint density at radius 3 is 2.38 bits per heavy atom. The fourth-order valence-corrected chi connectivity index (χ4v) is 2.43. The minimum absolute atomic E-state index is 0.151. The highest BCUT2D eigenvalue weighted by Crippen LogP contribution is 2.28. The number of benzene rings is 2. The molecule has 3 nitrogen and oxygen atoms in total. The number of rotatable bonds is 4. The van der Waals surface area contributed by atoms with Crippen LogP contribution in [0.1, 0.15) is 36.3 Å². The van der Waals surface area contributed by atoms with Gasteiger partial charge in [0.15, 0.2) is 0 Å². The standard InChI is InChI=1S/C18H18N2O/c1-3-16(14-7-5-4-6-8-14)18-19-17(20-21-18)15-11-9-13(2)10-12-15/h4-12,16H,3H2,1-2H3/t16-/m1/s1. The molecule has 0 aliphatic heterocycles. The van der Waals surface area contributed by atoms with Crippen molar-refractivity contribution in [3.05, 3.63) is 71.6 Å². The van der Waals surface area contributed by atoms with Gasteiger partial charge in [0.05, 0.1) is 5.92 Å². The Balaban J connectivity index is 1.92. The van der Waals surface area contributed by atoms with Crippen molar-refractivity contribution in [3.8, 4) is 11.4 Å². The van der Waals surface area contributed by atoms with E-state index in [9.17, 15) is 0 Å². The van der Waals surface area contributed by atoms with Crippen molar-refractivity contribution in [1.29, 1.82) is 0 Å². The molecule has 0 N–H and O–H groups in total. The predicted molar refractivity (Wildman–Crippen MR) is 83.0 cm³/mol. The van der Waals surface area contributed by atoms with E-state index >= 15 is 0 Å². The average Bonchev–Trinajstić information content (AvgIpc) is 2.99. The molecule has 0 bridgehead atoms. The topological polar surface area (TPSA) is 38.9 Å². The zero-order chi connectivity index (χ0) is 14.7. The maximum atomic E-state index is 5.50. The molecule has 0 aliphatic carbocycles. The van der Waals surface area contributed by atoms with Crippen LogP contribution in [0.15, 0.2) is 59.1 Å². The number of hydrogen-bond acceptors (Lipinski definition) is 3. The predicted octanol–water partition coefficient (Wildman–Crippen LogP) is 4.59. The average molecular weight is 278 g/mol. The molecule has 0 saturated carbocycles. The van der Waals surface area contributed by atoms with E-state index in [1.54, 1.807) is 0 Å². The van der Waals surface area contributed by atoms with Gasteiger partial charge < -0.3 is 4.52 Å². The highest BCUT2D eigenvalue weighted by molar-refractivity contribution is 5.54. The van der Waals surface area contributed by atoms with Crippen molar-refractivity contribution in [1.82, 2.24) is 10.1 Å². The quantitative estimate of drug-likeness (QED) is 0.700. The summed E-state index contributed by atoms with van der Waals surface area (Å²) in [5.74, 6) is 1.48. The number of hydrogen-bond donors (Lipinski definition) is 0. The van der Waals surface area contributed by atoms with Gasteiger partial charge >= 0.3 is 0 Å². The van der Waals surface area contributed by atoms with Crippen molar-refractivity contribution in [2.24, 2.45) is 0 Å². The van der Waals surface area contributed by atoms with Gasteiger partial charge in [-0.1, -0.05) is 72.2 Å². The van der Waals surface area contributed by atoms with Crippen molar-refractivity contribution >= 4 is 0 Å². The molecule has 0 amide bonds. The molecule has 3 aromatic rings. The monoisotopic (exact) mass is 278 g/mol. The number of nitrogens with zero attached hydrogens (tertiary/aromatic N) is 2. The highest BCUT2D eigenvalue weighted by atomic mass is 16.5. The molecule has 3 heteroatoms. The summed E-state index contributed by atoms with van der Waals surface area (Å²) in [6.07, 6.45) is 0.930. The molecular formula is C18H18N2O. The van der Waals surface area contributed by atoms with Crippen molar-refractivity contribution in [2.45, 2.75) is 26.2 Å². The van der Waals surface area contributed by atoms with Crippen molar-refractivity contribution < 1.29 is 4.52 Å². The van der Waals surface area contributed by atoms with E-state index in [1.165, 1.54) is 11.1 Å². The van der Waals surface area contributed by atoms with Gasteiger partial charge in [-0.3, -0.25) is 0 Å². The van der Waals surface area contributed by atoms with Crippen LogP contribution in [0.5, 0.6) is 0 Å². The lowest BCUT2D eigenvalue weighted by molar-refractivity contribution is 0.363. The molecule has 106 valence electrons. The minimum Gasteiger partial charge on any atom is -0.338 e. The van der Waals surface area contributed by atoms with Crippen LogP contribution in [0.4, 0.5) is 0 Å². The Hall–Kier alpha value is -2.42. The number of aromatic nitrogens is 2. The third kappa shape index (κ3) is 2.87. The summed E-state index contributed by atoms with van der Waals surface area (Å²) < 4.78 is 5.50. The molecule has 1 heterocycles. The van der Waals surface area contributed by atoms with Gasteiger partial charge in [-0.05, 0) is 18.9 Å². The fraction of sp³-hybridized carbons (Fsp3) is 0.222. The zero-order valence-electron chi connectivity index (χ0n) is 12.3. The molecule has 1 aromatic heterocycles. The maximum Gasteiger partial charge on any atom is 0.234 e. The van der Waals surface area contributed by atoms with E-state index in [2.05, 4.69) is 48.3 Å². The van der Waals surface area contributed by atoms with E-state index in [-0.39, 0.29) is 5.92 Å². The Morgan fingerprint density at radius 1 is 1.00 bits per heavy atom. The minimum atomic E-state index is 0.151. The largest absolute Gasteiger partial charge is 0.338 e. The van der Waals surface area contributed by atoms with Gasteiger partial charge in [0.2, 0.25) is 11.7 Å². The first-order chi connectivity index (χ1) is 10.3. The second-order valence-corrected chi connectivity index (χ2v) is 5.19. The number of aryl methyl sites for hydroxylation is 1. The zero-order valence-corrected chi connectivity index (χ0v) is 12.3. The summed E-state index contributed by atoms with van der Waals surface area (Å²) in [5, 5.41) is 4.12. The summed E-state index contributed by atoms with van der Waals surface area (Å²) in [6, 6.07) is 18.4. The van der Waals surface area contributed by atoms with Crippen LogP contribution in [-0.4, -0.2) is 10.1 Å². The molecular weight excluding hydrogens is 260 g/mol. The van der Waals surface area contributed by atoms with Gasteiger partial charge in [-0.15, -0.1) is 0 Å². The van der Waals surface area contributed by atoms with Crippen LogP contribution in [0, 0.1) is 6.92 Å². The summed E-state index contributed by atoms with van der Waals surface area (Å²) in [6.45, 7) is 4.20. The SMILES string of the molecule is CC[C@H](c1ccccc1)c1nc(-c2ccc(C)cc2)no1. The van der Waals surface area contributed by atoms with Crippen LogP contribution in [0.2, 0.25) is 0 Å². The van der Waals surface area contributed by atoms with E-state index < -0.39 is 0 Å². The molecule has 21 heavy (non-hydrogen) atoms. The van der Waals surface area contributed by atoms with Gasteiger partial charge in [0.1, 0.15) is 0 Å². The molecule has 0 aliphatic rings. The molecule has 0 radical (unpaired) electrons. The van der Waals surface area contributed by atoms with Crippen LogP contribution >= 0.6 is 0 Å². The molecule has 1 atom stereocenters. The molecule has 0 unspecified atom stereocenters. The second kappa shape index (κ2) is 5.92. The summed E-state index contributed by atoms with van der Waals surface area (Å²) in [5.41, 5.74) is 3.41. The Labute approximate surface area is 124 Å². The lowest BCUT2D eigenvalue weighted by Crippen LogP contribution is -1.99. The van der Waals surface area contributed by atoms with Crippen LogP contribution < -0.4 is 0 Å². The lowest BCUT2D eigenvalue weighted by Gasteiger charge is -2.09. The van der Waals surface area contributed by atoms with E-state index in [1.807, 2.05) is 30.3 Å². The molecule has 0 saturated heterocycles. The van der Waals surface area contributed by atoms with Gasteiger partial charge in [-0.25, -0.2) is 0 Å². The van der Waals surface area contributed by atoms with Gasteiger partial charge in [0, 0.05) is 5.56 Å². The lowest BCUT2D eigenvalue weighted by atomic mass is 9.96. The van der Waals surface area contributed by atoms with Crippen molar-refractivity contribution in [3.63, 3.8) is 0 Å². The molecule has 0 fully saturated rings. The summed E-state index contributed by atoms with van der Waals surface area (Å²) >= 11 is 0. The summed E-state index contributed by atoms with van der Waals surface area (Å²) in [4.78, 5) is 4.58. The van der Waals surface area contributed by atoms with E-state index in [0.29, 0.717) is 11.7 Å². The highest BCUT2D eigenvalue weighted by Gasteiger charge is 2.19. The van der Waals surface area contributed by atoms with E-state index in [4.69, 9.17) is 4.52 Å². The summed E-state index contributed by atoms with van der Waals surface area (Å²) in [7, 11) is 0. The fourth-order valence-electron chi connectivity index (χ4n) is 2.43. The smallest absolute Gasteiger partial charge is 0.234 e. The van der Waals surface area contributed by atoms with E-state index in [0.717, 1.165) is 12.0 Å². The Morgan fingerprint density at radius 2 is 1.71 bits per heavy atom. The second-order valence-electron chi connectivity index (χ2n) is 5.19. The first-order valence-corrected chi connectivity index (χ1v) is 7.23. The molecule has 3 rings (SSSR count). The maximum absolute atomic E-state index is 5.50. The van der Waals surface area contributed by atoms with Gasteiger partial charge in [-0.2, -0.15) is 4.98 Å². The molecule has 2 aromatic carbocycles. The Bertz CT molecular complexity index is 702. The van der Waals surface area contributed by atoms with Crippen LogP contribution in [0.3, 0.4) is 0 Å². The molecule has 0 spiro atoms. The third-order valence-corrected chi connectivity index (χ3v) is 3.66. The van der Waals surface area contributed by atoms with Gasteiger partial charge in [0.25, 0.3) is 0 Å². The normalized spacial score (nSPS) is 12.3. The third-order valence-electron chi connectivity index (χ3n) is 3.66. The Kier molecular flexibility index (Phi) is 3.82. The first-order valence-electron chi connectivity index (χ1n) is 7.23. The van der Waals surface area contributed by atoms with Crippen LogP contribution in [-0.2, 0) is 0 Å².